The molecule has 3 unspecified atom stereocenters. The third-order valence-corrected chi connectivity index (χ3v) is 7.05. The summed E-state index contributed by atoms with van der Waals surface area (Å²) < 4.78 is 0. The van der Waals surface area contributed by atoms with Gasteiger partial charge in [0.2, 0.25) is 0 Å². The second-order valence-electron chi connectivity index (χ2n) is 9.00. The van der Waals surface area contributed by atoms with Crippen molar-refractivity contribution in [1.29, 1.82) is 0 Å². The summed E-state index contributed by atoms with van der Waals surface area (Å²) in [6.45, 7) is 2.60. The van der Waals surface area contributed by atoms with E-state index in [1.807, 2.05) is 0 Å². The van der Waals surface area contributed by atoms with E-state index >= 15 is 0 Å². The Morgan fingerprint density at radius 1 is 1.11 bits per heavy atom. The van der Waals surface area contributed by atoms with Crippen molar-refractivity contribution in [2.24, 2.45) is 28.6 Å². The van der Waals surface area contributed by atoms with Crippen molar-refractivity contribution in [3.8, 4) is 0 Å². The lowest BCUT2D eigenvalue weighted by molar-refractivity contribution is -0.118. The van der Waals surface area contributed by atoms with Gasteiger partial charge < -0.3 is 5.32 Å². The van der Waals surface area contributed by atoms with Gasteiger partial charge in [0.25, 0.3) is 0 Å². The fourth-order valence-corrected chi connectivity index (χ4v) is 6.77. The molecular formula is C18H31N. The molecule has 0 aliphatic heterocycles. The Morgan fingerprint density at radius 2 is 1.79 bits per heavy atom. The summed E-state index contributed by atoms with van der Waals surface area (Å²) >= 11 is 0. The topological polar surface area (TPSA) is 12.0 Å². The molecule has 19 heavy (non-hydrogen) atoms. The van der Waals surface area contributed by atoms with Crippen LogP contribution in [0.3, 0.4) is 0 Å². The largest absolute Gasteiger partial charge is 0.316 e. The zero-order valence-corrected chi connectivity index (χ0v) is 12.9. The van der Waals surface area contributed by atoms with Gasteiger partial charge in [-0.1, -0.05) is 19.8 Å². The minimum Gasteiger partial charge on any atom is -0.316 e. The Labute approximate surface area is 118 Å². The summed E-state index contributed by atoms with van der Waals surface area (Å²) in [5.41, 5.74) is 1.39. The lowest BCUT2D eigenvalue weighted by atomic mass is 9.43. The van der Waals surface area contributed by atoms with Gasteiger partial charge in [0, 0.05) is 6.04 Å². The summed E-state index contributed by atoms with van der Waals surface area (Å²) in [6.07, 6.45) is 15.3. The highest BCUT2D eigenvalue weighted by Gasteiger charge is 2.57. The quantitative estimate of drug-likeness (QED) is 0.775. The van der Waals surface area contributed by atoms with Crippen molar-refractivity contribution >= 4 is 0 Å². The molecule has 5 aliphatic rings. The van der Waals surface area contributed by atoms with Crippen LogP contribution in [0, 0.1) is 28.6 Å². The molecule has 5 rings (SSSR count). The first-order valence-electron chi connectivity index (χ1n) is 8.78. The fourth-order valence-electron chi connectivity index (χ4n) is 6.77. The van der Waals surface area contributed by atoms with Crippen LogP contribution < -0.4 is 5.32 Å². The number of nitrogens with one attached hydrogen (secondary N) is 1. The minimum atomic E-state index is 0.683. The maximum atomic E-state index is 3.76. The van der Waals surface area contributed by atoms with Crippen LogP contribution in [0.1, 0.15) is 71.1 Å². The summed E-state index contributed by atoms with van der Waals surface area (Å²) in [5.74, 6) is 3.24. The highest BCUT2D eigenvalue weighted by Crippen LogP contribution is 2.66. The van der Waals surface area contributed by atoms with Crippen LogP contribution in [0.4, 0.5) is 0 Å². The predicted molar refractivity (Wildman–Crippen MR) is 80.0 cm³/mol. The van der Waals surface area contributed by atoms with E-state index in [2.05, 4.69) is 19.3 Å². The van der Waals surface area contributed by atoms with Crippen LogP contribution in [-0.2, 0) is 0 Å². The summed E-state index contributed by atoms with van der Waals surface area (Å²) in [5, 5.41) is 3.76. The van der Waals surface area contributed by atoms with Gasteiger partial charge in [0.05, 0.1) is 0 Å². The van der Waals surface area contributed by atoms with Crippen molar-refractivity contribution in [2.45, 2.75) is 77.2 Å². The number of hydrogen-bond acceptors (Lipinski definition) is 1. The summed E-state index contributed by atoms with van der Waals surface area (Å²) in [4.78, 5) is 0. The van der Waals surface area contributed by atoms with E-state index < -0.39 is 0 Å². The average molecular weight is 261 g/mol. The molecule has 0 heterocycles. The minimum absolute atomic E-state index is 0.683. The zero-order valence-electron chi connectivity index (χ0n) is 12.9. The van der Waals surface area contributed by atoms with Crippen LogP contribution in [0.25, 0.3) is 0 Å². The van der Waals surface area contributed by atoms with Gasteiger partial charge in [0.1, 0.15) is 0 Å². The molecule has 1 nitrogen and oxygen atoms in total. The van der Waals surface area contributed by atoms with Crippen LogP contribution in [0.5, 0.6) is 0 Å². The van der Waals surface area contributed by atoms with E-state index in [0.29, 0.717) is 10.8 Å². The summed E-state index contributed by atoms with van der Waals surface area (Å²) in [6, 6.07) is 0.818. The second-order valence-corrected chi connectivity index (χ2v) is 9.00. The smallest absolute Gasteiger partial charge is 0.0121 e. The molecule has 3 atom stereocenters. The maximum absolute atomic E-state index is 3.76. The molecule has 5 aliphatic carbocycles. The molecule has 0 amide bonds. The SMILES string of the molecule is CNC(CCC1CC1)C12CC3CC(CC(C)(C3)C1)C2. The van der Waals surface area contributed by atoms with Gasteiger partial charge in [0.15, 0.2) is 0 Å². The van der Waals surface area contributed by atoms with Gasteiger partial charge in [-0.2, -0.15) is 0 Å². The molecule has 108 valence electrons. The molecule has 1 heteroatoms. The fraction of sp³-hybridized carbons (Fsp3) is 1.00. The molecule has 5 saturated carbocycles. The van der Waals surface area contributed by atoms with Crippen molar-refractivity contribution in [3.63, 3.8) is 0 Å². The van der Waals surface area contributed by atoms with Gasteiger partial charge in [-0.15, -0.1) is 0 Å². The molecule has 0 spiro atoms. The van der Waals surface area contributed by atoms with Gasteiger partial charge in [-0.05, 0) is 87.0 Å². The molecule has 0 aromatic heterocycles. The standard InChI is InChI=1S/C18H31N/c1-17-8-14-7-15(9-17)11-18(10-14,12-17)16(19-2)6-5-13-3-4-13/h13-16,19H,3-12H2,1-2H3. The molecule has 5 fully saturated rings. The first kappa shape index (κ1) is 12.7. The van der Waals surface area contributed by atoms with Crippen LogP contribution in [0.15, 0.2) is 0 Å². The molecule has 0 aromatic rings. The monoisotopic (exact) mass is 261 g/mol. The number of rotatable bonds is 5. The molecule has 0 saturated heterocycles. The predicted octanol–water partition coefficient (Wildman–Crippen LogP) is 4.37. The Balaban J connectivity index is 1.53. The first-order chi connectivity index (χ1) is 9.11. The molecule has 0 aromatic carbocycles. The van der Waals surface area contributed by atoms with E-state index in [1.54, 1.807) is 32.1 Å². The first-order valence-corrected chi connectivity index (χ1v) is 8.78. The maximum Gasteiger partial charge on any atom is 0.0121 e. The van der Waals surface area contributed by atoms with E-state index in [0.717, 1.165) is 23.8 Å². The highest BCUT2D eigenvalue weighted by molar-refractivity contribution is 5.09. The average Bonchev–Trinajstić information content (AvgIpc) is 3.09. The van der Waals surface area contributed by atoms with Crippen molar-refractivity contribution < 1.29 is 0 Å². The van der Waals surface area contributed by atoms with E-state index in [9.17, 15) is 0 Å². The molecular weight excluding hydrogens is 230 g/mol. The van der Waals surface area contributed by atoms with E-state index in [1.165, 1.54) is 32.1 Å². The Hall–Kier alpha value is -0.0400. The van der Waals surface area contributed by atoms with Crippen molar-refractivity contribution in [2.75, 3.05) is 7.05 Å². The summed E-state index contributed by atoms with van der Waals surface area (Å²) in [7, 11) is 2.23. The van der Waals surface area contributed by atoms with Gasteiger partial charge >= 0.3 is 0 Å². The second kappa shape index (κ2) is 4.23. The Morgan fingerprint density at radius 3 is 2.32 bits per heavy atom. The highest BCUT2D eigenvalue weighted by atomic mass is 14.9. The third-order valence-electron chi connectivity index (χ3n) is 7.05. The van der Waals surface area contributed by atoms with Crippen molar-refractivity contribution in [1.82, 2.24) is 5.32 Å². The molecule has 4 bridgehead atoms. The van der Waals surface area contributed by atoms with Gasteiger partial charge in [-0.3, -0.25) is 0 Å². The van der Waals surface area contributed by atoms with Crippen LogP contribution >= 0.6 is 0 Å². The normalized spacial score (nSPS) is 49.6. The Bertz CT molecular complexity index is 343. The lowest BCUT2D eigenvalue weighted by Crippen LogP contribution is -2.58. The molecule has 1 N–H and O–H groups in total. The van der Waals surface area contributed by atoms with E-state index in [4.69, 9.17) is 0 Å². The van der Waals surface area contributed by atoms with Crippen LogP contribution in [0.2, 0.25) is 0 Å². The van der Waals surface area contributed by atoms with Crippen molar-refractivity contribution in [3.05, 3.63) is 0 Å². The molecule has 0 radical (unpaired) electrons. The zero-order chi connectivity index (χ0) is 13.1. The lowest BCUT2D eigenvalue weighted by Gasteiger charge is -2.63. The number of hydrogen-bond donors (Lipinski definition) is 1. The third kappa shape index (κ3) is 2.17. The van der Waals surface area contributed by atoms with E-state index in [-0.39, 0.29) is 0 Å². The van der Waals surface area contributed by atoms with Crippen LogP contribution in [-0.4, -0.2) is 13.1 Å². The van der Waals surface area contributed by atoms with Gasteiger partial charge in [-0.25, -0.2) is 0 Å². The Kier molecular flexibility index (Phi) is 2.82.